The van der Waals surface area contributed by atoms with Gasteiger partial charge in [0.25, 0.3) is 0 Å². The molecule has 7 nitrogen and oxygen atoms in total. The molecule has 1 saturated carbocycles. The summed E-state index contributed by atoms with van der Waals surface area (Å²) in [5.41, 5.74) is 8.16. The highest BCUT2D eigenvalue weighted by Crippen LogP contribution is 2.47. The maximum atomic E-state index is 12.0. The van der Waals surface area contributed by atoms with E-state index >= 15 is 0 Å². The van der Waals surface area contributed by atoms with Gasteiger partial charge in [-0.1, -0.05) is 6.92 Å². The molecule has 0 aromatic carbocycles. The number of ketones is 1. The van der Waals surface area contributed by atoms with Gasteiger partial charge in [-0.15, -0.1) is 10.2 Å². The fourth-order valence-corrected chi connectivity index (χ4v) is 3.41. The van der Waals surface area contributed by atoms with Gasteiger partial charge in [-0.2, -0.15) is 0 Å². The van der Waals surface area contributed by atoms with E-state index in [-0.39, 0.29) is 11.7 Å². The van der Waals surface area contributed by atoms with Crippen molar-refractivity contribution < 1.29 is 9.59 Å². The van der Waals surface area contributed by atoms with E-state index in [2.05, 4.69) is 20.2 Å². The molecule has 7 heteroatoms. The predicted octanol–water partition coefficient (Wildman–Crippen LogP) is 2.89. The van der Waals surface area contributed by atoms with Crippen molar-refractivity contribution in [3.8, 4) is 11.4 Å². The topological polar surface area (TPSA) is 112 Å². The van der Waals surface area contributed by atoms with Crippen LogP contribution in [0.5, 0.6) is 0 Å². The second kappa shape index (κ2) is 6.74. The van der Waals surface area contributed by atoms with Crippen molar-refractivity contribution in [2.75, 3.05) is 0 Å². The van der Waals surface area contributed by atoms with E-state index in [1.807, 2.05) is 26.0 Å². The van der Waals surface area contributed by atoms with E-state index in [4.69, 9.17) is 5.73 Å². The number of pyridine rings is 2. The summed E-state index contributed by atoms with van der Waals surface area (Å²) in [6, 6.07) is 5.53. The average molecular weight is 375 g/mol. The van der Waals surface area contributed by atoms with Crippen molar-refractivity contribution in [3.05, 3.63) is 47.5 Å². The Labute approximate surface area is 162 Å². The number of aryl methyl sites for hydroxylation is 1. The highest BCUT2D eigenvalue weighted by atomic mass is 16.1. The SMILES string of the molecule is CCCC(=O)c1cc(C)c(-c2cc3cnc(C4(C(N)=O)CC4)cc3cn2)nn1. The Morgan fingerprint density at radius 3 is 2.43 bits per heavy atom. The molecule has 0 saturated heterocycles. The fraction of sp³-hybridized carbons (Fsp3) is 0.333. The molecule has 0 aliphatic heterocycles. The summed E-state index contributed by atoms with van der Waals surface area (Å²) in [4.78, 5) is 32.7. The molecule has 0 atom stereocenters. The van der Waals surface area contributed by atoms with Gasteiger partial charge in [0.2, 0.25) is 5.91 Å². The molecule has 3 aromatic heterocycles. The Bertz CT molecular complexity index is 1110. The maximum absolute atomic E-state index is 12.0. The van der Waals surface area contributed by atoms with Gasteiger partial charge in [-0.25, -0.2) is 0 Å². The molecule has 0 unspecified atom stereocenters. The van der Waals surface area contributed by atoms with Crippen molar-refractivity contribution in [1.29, 1.82) is 0 Å². The predicted molar refractivity (Wildman–Crippen MR) is 105 cm³/mol. The number of primary amides is 1. The van der Waals surface area contributed by atoms with Gasteiger partial charge < -0.3 is 5.73 Å². The number of amides is 1. The number of carbonyl (C=O) groups excluding carboxylic acids is 2. The molecule has 4 rings (SSSR count). The Hall–Kier alpha value is -3.22. The van der Waals surface area contributed by atoms with Crippen LogP contribution in [-0.2, 0) is 10.2 Å². The Morgan fingerprint density at radius 2 is 1.79 bits per heavy atom. The Balaban J connectivity index is 1.69. The second-order valence-corrected chi connectivity index (χ2v) is 7.37. The molecule has 0 spiro atoms. The standard InChI is InChI=1S/C21H21N5O2/c1-3-4-17(27)15-7-12(2)19(26-25-15)16-8-13-11-24-18(9-14(13)10-23-16)21(5-6-21)20(22)28/h7-11H,3-6H2,1-2H3,(H2,22,28). The van der Waals surface area contributed by atoms with E-state index < -0.39 is 5.41 Å². The number of hydrogen-bond acceptors (Lipinski definition) is 6. The number of hydrogen-bond donors (Lipinski definition) is 1. The van der Waals surface area contributed by atoms with Crippen LogP contribution in [0.3, 0.4) is 0 Å². The number of nitrogens with zero attached hydrogens (tertiary/aromatic N) is 4. The first-order valence-electron chi connectivity index (χ1n) is 9.38. The molecule has 1 aliphatic rings. The van der Waals surface area contributed by atoms with Crippen LogP contribution >= 0.6 is 0 Å². The van der Waals surface area contributed by atoms with Gasteiger partial charge in [-0.3, -0.25) is 19.6 Å². The van der Waals surface area contributed by atoms with Crippen LogP contribution in [0.1, 0.15) is 54.4 Å². The third-order valence-corrected chi connectivity index (χ3v) is 5.31. The first-order valence-corrected chi connectivity index (χ1v) is 9.38. The number of nitrogens with two attached hydrogens (primary N) is 1. The van der Waals surface area contributed by atoms with Crippen LogP contribution in [0, 0.1) is 6.92 Å². The Morgan fingerprint density at radius 1 is 1.07 bits per heavy atom. The number of fused-ring (bicyclic) bond motifs is 1. The lowest BCUT2D eigenvalue weighted by Crippen LogP contribution is -2.29. The monoisotopic (exact) mass is 375 g/mol. The number of aromatic nitrogens is 4. The van der Waals surface area contributed by atoms with E-state index in [1.54, 1.807) is 18.5 Å². The molecule has 1 aliphatic carbocycles. The van der Waals surface area contributed by atoms with Gasteiger partial charge in [0, 0.05) is 29.6 Å². The molecule has 3 aromatic rings. The van der Waals surface area contributed by atoms with Crippen LogP contribution in [0.25, 0.3) is 22.2 Å². The first kappa shape index (κ1) is 18.2. The molecule has 2 N–H and O–H groups in total. The molecule has 28 heavy (non-hydrogen) atoms. The van der Waals surface area contributed by atoms with Crippen LogP contribution in [-0.4, -0.2) is 31.9 Å². The lowest BCUT2D eigenvalue weighted by atomic mass is 9.99. The molecule has 0 radical (unpaired) electrons. The summed E-state index contributed by atoms with van der Waals surface area (Å²) in [5.74, 6) is -0.330. The smallest absolute Gasteiger partial charge is 0.229 e. The summed E-state index contributed by atoms with van der Waals surface area (Å²) in [5, 5.41) is 10.1. The number of rotatable bonds is 6. The molecule has 1 fully saturated rings. The van der Waals surface area contributed by atoms with Crippen molar-refractivity contribution in [3.63, 3.8) is 0 Å². The zero-order valence-corrected chi connectivity index (χ0v) is 15.9. The fourth-order valence-electron chi connectivity index (χ4n) is 3.41. The molecular weight excluding hydrogens is 354 g/mol. The van der Waals surface area contributed by atoms with Crippen molar-refractivity contribution in [2.24, 2.45) is 5.73 Å². The molecule has 3 heterocycles. The zero-order chi connectivity index (χ0) is 19.9. The molecular formula is C21H21N5O2. The molecule has 0 bridgehead atoms. The third-order valence-electron chi connectivity index (χ3n) is 5.31. The number of carbonyl (C=O) groups is 2. The van der Waals surface area contributed by atoms with E-state index in [0.29, 0.717) is 29.2 Å². The van der Waals surface area contributed by atoms with Gasteiger partial charge in [0.1, 0.15) is 11.4 Å². The normalized spacial score (nSPS) is 14.8. The minimum absolute atomic E-state index is 0.00342. The van der Waals surface area contributed by atoms with E-state index in [9.17, 15) is 9.59 Å². The van der Waals surface area contributed by atoms with Crippen molar-refractivity contribution in [2.45, 2.75) is 44.9 Å². The largest absolute Gasteiger partial charge is 0.369 e. The van der Waals surface area contributed by atoms with Crippen molar-refractivity contribution in [1.82, 2.24) is 20.2 Å². The highest BCUT2D eigenvalue weighted by Gasteiger charge is 2.51. The van der Waals surface area contributed by atoms with Crippen LogP contribution in [0.4, 0.5) is 0 Å². The molecule has 142 valence electrons. The van der Waals surface area contributed by atoms with E-state index in [0.717, 1.165) is 35.6 Å². The summed E-state index contributed by atoms with van der Waals surface area (Å²) >= 11 is 0. The summed E-state index contributed by atoms with van der Waals surface area (Å²) in [6.07, 6.45) is 6.20. The lowest BCUT2D eigenvalue weighted by Gasteiger charge is -2.11. The molecule has 1 amide bonds. The minimum Gasteiger partial charge on any atom is -0.369 e. The van der Waals surface area contributed by atoms with Crippen LogP contribution < -0.4 is 5.73 Å². The number of Topliss-reactive ketones (excluding diaryl/α,β-unsaturated/α-hetero) is 1. The highest BCUT2D eigenvalue weighted by molar-refractivity contribution is 5.94. The lowest BCUT2D eigenvalue weighted by molar-refractivity contribution is -0.120. The summed E-state index contributed by atoms with van der Waals surface area (Å²) < 4.78 is 0. The third kappa shape index (κ3) is 3.02. The quantitative estimate of drug-likeness (QED) is 0.663. The second-order valence-electron chi connectivity index (χ2n) is 7.37. The van der Waals surface area contributed by atoms with Crippen LogP contribution in [0.2, 0.25) is 0 Å². The van der Waals surface area contributed by atoms with Gasteiger partial charge in [-0.05, 0) is 49.9 Å². The zero-order valence-electron chi connectivity index (χ0n) is 15.9. The Kier molecular flexibility index (Phi) is 4.37. The minimum atomic E-state index is -0.615. The summed E-state index contributed by atoms with van der Waals surface area (Å²) in [6.45, 7) is 3.85. The van der Waals surface area contributed by atoms with Gasteiger partial charge in [0.15, 0.2) is 5.78 Å². The maximum Gasteiger partial charge on any atom is 0.229 e. The van der Waals surface area contributed by atoms with Gasteiger partial charge in [0.05, 0.1) is 16.8 Å². The van der Waals surface area contributed by atoms with Crippen LogP contribution in [0.15, 0.2) is 30.6 Å². The van der Waals surface area contributed by atoms with E-state index in [1.165, 1.54) is 0 Å². The van der Waals surface area contributed by atoms with Crippen molar-refractivity contribution >= 4 is 22.5 Å². The summed E-state index contributed by atoms with van der Waals surface area (Å²) in [7, 11) is 0. The first-order chi connectivity index (χ1) is 13.4. The van der Waals surface area contributed by atoms with Gasteiger partial charge >= 0.3 is 0 Å². The average Bonchev–Trinajstić information content (AvgIpc) is 3.49.